The molecule has 0 aliphatic rings. The summed E-state index contributed by atoms with van der Waals surface area (Å²) < 4.78 is 0. The fourth-order valence-electron chi connectivity index (χ4n) is 2.18. The minimum atomic E-state index is 0.481. The molecule has 0 saturated carbocycles. The molecular weight excluding hydrogens is 338 g/mol. The second-order valence-electron chi connectivity index (χ2n) is 6.01. The molecule has 0 bridgehead atoms. The third kappa shape index (κ3) is 6.20. The molecule has 2 heterocycles. The zero-order chi connectivity index (χ0) is 17.4. The zero-order valence-electron chi connectivity index (χ0n) is 14.9. The monoisotopic (exact) mass is 365 g/mol. The highest BCUT2D eigenvalue weighted by Crippen LogP contribution is 2.17. The van der Waals surface area contributed by atoms with Crippen molar-refractivity contribution in [2.45, 2.75) is 52.5 Å². The van der Waals surface area contributed by atoms with Crippen molar-refractivity contribution < 1.29 is 0 Å². The van der Waals surface area contributed by atoms with E-state index >= 15 is 0 Å². The summed E-state index contributed by atoms with van der Waals surface area (Å²) >= 11 is 3.45. The molecule has 24 heavy (non-hydrogen) atoms. The molecule has 2 aromatic rings. The largest absolute Gasteiger partial charge is 0.356 e. The van der Waals surface area contributed by atoms with E-state index in [2.05, 4.69) is 50.2 Å². The smallest absolute Gasteiger partial charge is 0.191 e. The standard InChI is InChI=1S/C17H27N5S2/c1-12(2)14-11-24-16(22-14)9-20-17(18-4)19-8-6-5-7-15-21-13(3)10-23-15/h10-12H,5-9H2,1-4H3,(H2,18,19,20). The summed E-state index contributed by atoms with van der Waals surface area (Å²) in [6.07, 6.45) is 3.30. The quantitative estimate of drug-likeness (QED) is 0.425. The van der Waals surface area contributed by atoms with Gasteiger partial charge in [0.05, 0.1) is 17.2 Å². The van der Waals surface area contributed by atoms with Crippen molar-refractivity contribution in [3.63, 3.8) is 0 Å². The summed E-state index contributed by atoms with van der Waals surface area (Å²) in [6.45, 7) is 8.01. The number of guanidine groups is 1. The van der Waals surface area contributed by atoms with Crippen molar-refractivity contribution >= 4 is 28.6 Å². The van der Waals surface area contributed by atoms with E-state index in [9.17, 15) is 0 Å². The van der Waals surface area contributed by atoms with Crippen LogP contribution in [0.5, 0.6) is 0 Å². The number of rotatable bonds is 8. The third-order valence-corrected chi connectivity index (χ3v) is 5.46. The maximum Gasteiger partial charge on any atom is 0.191 e. The van der Waals surface area contributed by atoms with Crippen LogP contribution in [0.3, 0.4) is 0 Å². The Bertz CT molecular complexity index is 645. The Hall–Kier alpha value is -1.47. The summed E-state index contributed by atoms with van der Waals surface area (Å²) in [5.74, 6) is 1.32. The van der Waals surface area contributed by atoms with Gasteiger partial charge in [0.15, 0.2) is 5.96 Å². The lowest BCUT2D eigenvalue weighted by molar-refractivity contribution is 0.691. The number of aliphatic imine (C=N–C) groups is 1. The number of hydrogen-bond acceptors (Lipinski definition) is 5. The number of nitrogens with zero attached hydrogens (tertiary/aromatic N) is 3. The van der Waals surface area contributed by atoms with Gasteiger partial charge >= 0.3 is 0 Å². The number of nitrogens with one attached hydrogen (secondary N) is 2. The molecule has 0 radical (unpaired) electrons. The lowest BCUT2D eigenvalue weighted by Crippen LogP contribution is -2.37. The van der Waals surface area contributed by atoms with Gasteiger partial charge in [0.1, 0.15) is 5.01 Å². The van der Waals surface area contributed by atoms with Crippen LogP contribution in [-0.4, -0.2) is 29.5 Å². The van der Waals surface area contributed by atoms with Gasteiger partial charge < -0.3 is 10.6 Å². The van der Waals surface area contributed by atoms with Gasteiger partial charge in [0.25, 0.3) is 0 Å². The normalized spacial score (nSPS) is 12.0. The van der Waals surface area contributed by atoms with E-state index in [4.69, 9.17) is 0 Å². The van der Waals surface area contributed by atoms with Gasteiger partial charge in [0.2, 0.25) is 0 Å². The second-order valence-corrected chi connectivity index (χ2v) is 7.90. The SMILES string of the molecule is CN=C(NCCCCc1nc(C)cs1)NCc1nc(C(C)C)cs1. The lowest BCUT2D eigenvalue weighted by Gasteiger charge is -2.10. The Balaban J connectivity index is 1.63. The third-order valence-electron chi connectivity index (χ3n) is 3.57. The minimum absolute atomic E-state index is 0.481. The van der Waals surface area contributed by atoms with E-state index in [-0.39, 0.29) is 0 Å². The van der Waals surface area contributed by atoms with Crippen LogP contribution < -0.4 is 10.6 Å². The van der Waals surface area contributed by atoms with Crippen molar-refractivity contribution in [3.8, 4) is 0 Å². The van der Waals surface area contributed by atoms with Gasteiger partial charge in [0, 0.05) is 30.0 Å². The highest BCUT2D eigenvalue weighted by molar-refractivity contribution is 7.09. The van der Waals surface area contributed by atoms with Crippen molar-refractivity contribution in [3.05, 3.63) is 32.2 Å². The van der Waals surface area contributed by atoms with Crippen molar-refractivity contribution in [1.82, 2.24) is 20.6 Å². The van der Waals surface area contributed by atoms with Gasteiger partial charge in [-0.05, 0) is 32.1 Å². The predicted octanol–water partition coefficient (Wildman–Crippen LogP) is 3.72. The Labute approximate surface area is 152 Å². The molecule has 2 rings (SSSR count). The Morgan fingerprint density at radius 2 is 1.92 bits per heavy atom. The first-order valence-electron chi connectivity index (χ1n) is 8.38. The molecule has 0 atom stereocenters. The molecule has 7 heteroatoms. The van der Waals surface area contributed by atoms with Gasteiger partial charge in [-0.2, -0.15) is 0 Å². The average Bonchev–Trinajstić information content (AvgIpc) is 3.19. The van der Waals surface area contributed by atoms with E-state index in [1.165, 1.54) is 5.01 Å². The number of aromatic nitrogens is 2. The van der Waals surface area contributed by atoms with Crippen LogP contribution in [0.15, 0.2) is 15.8 Å². The van der Waals surface area contributed by atoms with Crippen molar-refractivity contribution in [2.75, 3.05) is 13.6 Å². The van der Waals surface area contributed by atoms with Crippen molar-refractivity contribution in [1.29, 1.82) is 0 Å². The van der Waals surface area contributed by atoms with Gasteiger partial charge in [-0.15, -0.1) is 22.7 Å². The van der Waals surface area contributed by atoms with E-state index in [0.29, 0.717) is 5.92 Å². The Kier molecular flexibility index (Phi) is 7.65. The number of thiazole rings is 2. The number of aryl methyl sites for hydroxylation is 2. The van der Waals surface area contributed by atoms with Crippen LogP contribution in [0.4, 0.5) is 0 Å². The molecule has 0 fully saturated rings. The predicted molar refractivity (Wildman–Crippen MR) is 104 cm³/mol. The van der Waals surface area contributed by atoms with Gasteiger partial charge in [-0.1, -0.05) is 13.8 Å². The first-order chi connectivity index (χ1) is 11.6. The summed E-state index contributed by atoms with van der Waals surface area (Å²) in [5.41, 5.74) is 2.29. The molecule has 0 aliphatic carbocycles. The highest BCUT2D eigenvalue weighted by atomic mass is 32.1. The Morgan fingerprint density at radius 1 is 1.12 bits per heavy atom. The summed E-state index contributed by atoms with van der Waals surface area (Å²) in [6, 6.07) is 0. The van der Waals surface area contributed by atoms with Crippen LogP contribution in [0.2, 0.25) is 0 Å². The summed E-state index contributed by atoms with van der Waals surface area (Å²) in [5, 5.41) is 13.3. The van der Waals surface area contributed by atoms with Crippen LogP contribution in [-0.2, 0) is 13.0 Å². The molecule has 0 amide bonds. The van der Waals surface area contributed by atoms with E-state index < -0.39 is 0 Å². The van der Waals surface area contributed by atoms with Gasteiger partial charge in [-0.25, -0.2) is 9.97 Å². The van der Waals surface area contributed by atoms with Crippen LogP contribution in [0, 0.1) is 6.92 Å². The fourth-order valence-corrected chi connectivity index (χ4v) is 3.89. The molecule has 0 saturated heterocycles. The average molecular weight is 366 g/mol. The molecule has 0 aromatic carbocycles. The maximum absolute atomic E-state index is 4.63. The summed E-state index contributed by atoms with van der Waals surface area (Å²) in [7, 11) is 1.80. The molecular formula is C17H27N5S2. The maximum atomic E-state index is 4.63. The van der Waals surface area contributed by atoms with Crippen LogP contribution >= 0.6 is 22.7 Å². The lowest BCUT2D eigenvalue weighted by atomic mass is 10.2. The molecule has 5 nitrogen and oxygen atoms in total. The molecule has 0 unspecified atom stereocenters. The topological polar surface area (TPSA) is 62.2 Å². The van der Waals surface area contributed by atoms with Gasteiger partial charge in [-0.3, -0.25) is 4.99 Å². The van der Waals surface area contributed by atoms with E-state index in [0.717, 1.165) is 54.7 Å². The molecule has 0 aliphatic heterocycles. The summed E-state index contributed by atoms with van der Waals surface area (Å²) in [4.78, 5) is 13.4. The Morgan fingerprint density at radius 3 is 2.54 bits per heavy atom. The minimum Gasteiger partial charge on any atom is -0.356 e. The van der Waals surface area contributed by atoms with Crippen LogP contribution in [0.1, 0.15) is 54.0 Å². The first kappa shape index (κ1) is 18.9. The molecule has 132 valence electrons. The van der Waals surface area contributed by atoms with E-state index in [1.807, 2.05) is 6.92 Å². The second kappa shape index (κ2) is 9.74. The zero-order valence-corrected chi connectivity index (χ0v) is 16.6. The van der Waals surface area contributed by atoms with Crippen molar-refractivity contribution in [2.24, 2.45) is 4.99 Å². The first-order valence-corrected chi connectivity index (χ1v) is 10.1. The number of unbranched alkanes of at least 4 members (excludes halogenated alkanes) is 1. The van der Waals surface area contributed by atoms with E-state index in [1.54, 1.807) is 29.7 Å². The number of hydrogen-bond donors (Lipinski definition) is 2. The molecule has 2 N–H and O–H groups in total. The molecule has 2 aromatic heterocycles. The highest BCUT2D eigenvalue weighted by Gasteiger charge is 2.06. The molecule has 0 spiro atoms. The van der Waals surface area contributed by atoms with Crippen LogP contribution in [0.25, 0.3) is 0 Å². The fraction of sp³-hybridized carbons (Fsp3) is 0.588.